The standard InChI is InChI=1S/C16H23N5/c1-20-9-10-21(11-16(20)6-3-2-4-7-16)15-13-5-8-17-14(13)18-12-19-15/h5,8,12H,2-4,6-7,9-11H2,1H3,(H,17,18,19). The van der Waals surface area contributed by atoms with Crippen molar-refractivity contribution >= 4 is 16.9 Å². The molecule has 112 valence electrons. The van der Waals surface area contributed by atoms with Crippen molar-refractivity contribution in [3.63, 3.8) is 0 Å². The van der Waals surface area contributed by atoms with E-state index in [1.54, 1.807) is 6.33 Å². The van der Waals surface area contributed by atoms with E-state index in [4.69, 9.17) is 0 Å². The van der Waals surface area contributed by atoms with Crippen LogP contribution < -0.4 is 4.90 Å². The quantitative estimate of drug-likeness (QED) is 0.874. The molecule has 2 fully saturated rings. The van der Waals surface area contributed by atoms with Gasteiger partial charge in [-0.25, -0.2) is 9.97 Å². The molecule has 0 unspecified atom stereocenters. The molecule has 0 radical (unpaired) electrons. The lowest BCUT2D eigenvalue weighted by atomic mass is 9.79. The molecule has 0 aromatic carbocycles. The highest BCUT2D eigenvalue weighted by Crippen LogP contribution is 2.37. The first kappa shape index (κ1) is 13.1. The number of anilines is 1. The van der Waals surface area contributed by atoms with Gasteiger partial charge in [0, 0.05) is 31.4 Å². The first-order valence-electron chi connectivity index (χ1n) is 8.03. The highest BCUT2D eigenvalue weighted by molar-refractivity contribution is 5.87. The Bertz CT molecular complexity index is 628. The summed E-state index contributed by atoms with van der Waals surface area (Å²) in [5, 5.41) is 1.15. The van der Waals surface area contributed by atoms with Gasteiger partial charge in [0.2, 0.25) is 0 Å². The summed E-state index contributed by atoms with van der Waals surface area (Å²) in [7, 11) is 2.30. The first-order chi connectivity index (χ1) is 10.3. The number of rotatable bonds is 1. The van der Waals surface area contributed by atoms with Gasteiger partial charge in [0.05, 0.1) is 5.39 Å². The molecule has 2 aliphatic rings. The number of fused-ring (bicyclic) bond motifs is 1. The second-order valence-corrected chi connectivity index (χ2v) is 6.57. The van der Waals surface area contributed by atoms with Crippen LogP contribution in [-0.4, -0.2) is 52.1 Å². The van der Waals surface area contributed by atoms with Gasteiger partial charge >= 0.3 is 0 Å². The summed E-state index contributed by atoms with van der Waals surface area (Å²) in [5.74, 6) is 1.10. The molecule has 2 aromatic heterocycles. The fourth-order valence-electron chi connectivity index (χ4n) is 4.10. The van der Waals surface area contributed by atoms with E-state index in [1.165, 1.54) is 32.1 Å². The van der Waals surface area contributed by atoms with Crippen molar-refractivity contribution in [3.05, 3.63) is 18.6 Å². The Labute approximate surface area is 125 Å². The average molecular weight is 285 g/mol. The van der Waals surface area contributed by atoms with Crippen molar-refractivity contribution < 1.29 is 0 Å². The van der Waals surface area contributed by atoms with Crippen LogP contribution in [0, 0.1) is 0 Å². The highest BCUT2D eigenvalue weighted by Gasteiger charge is 2.41. The molecule has 1 aliphatic heterocycles. The minimum atomic E-state index is 0.351. The van der Waals surface area contributed by atoms with Crippen molar-refractivity contribution in [1.82, 2.24) is 19.9 Å². The van der Waals surface area contributed by atoms with Crippen LogP contribution in [0.5, 0.6) is 0 Å². The van der Waals surface area contributed by atoms with Gasteiger partial charge in [0.25, 0.3) is 0 Å². The molecule has 0 atom stereocenters. The van der Waals surface area contributed by atoms with Crippen LogP contribution >= 0.6 is 0 Å². The van der Waals surface area contributed by atoms with Crippen LogP contribution in [0.3, 0.4) is 0 Å². The van der Waals surface area contributed by atoms with Crippen molar-refractivity contribution in [2.24, 2.45) is 0 Å². The van der Waals surface area contributed by atoms with E-state index in [1.807, 2.05) is 6.20 Å². The molecular weight excluding hydrogens is 262 g/mol. The second-order valence-electron chi connectivity index (χ2n) is 6.57. The van der Waals surface area contributed by atoms with E-state index >= 15 is 0 Å². The van der Waals surface area contributed by atoms with E-state index in [0.29, 0.717) is 5.54 Å². The minimum absolute atomic E-state index is 0.351. The summed E-state index contributed by atoms with van der Waals surface area (Å²) in [6.45, 7) is 3.27. The van der Waals surface area contributed by atoms with Crippen LogP contribution in [0.2, 0.25) is 0 Å². The molecule has 21 heavy (non-hydrogen) atoms. The number of nitrogens with zero attached hydrogens (tertiary/aromatic N) is 4. The maximum Gasteiger partial charge on any atom is 0.142 e. The van der Waals surface area contributed by atoms with Gasteiger partial charge in [0.15, 0.2) is 0 Å². The fourth-order valence-corrected chi connectivity index (χ4v) is 4.10. The van der Waals surface area contributed by atoms with Crippen molar-refractivity contribution in [2.45, 2.75) is 37.6 Å². The Kier molecular flexibility index (Phi) is 3.10. The van der Waals surface area contributed by atoms with Gasteiger partial charge < -0.3 is 9.88 Å². The summed E-state index contributed by atoms with van der Waals surface area (Å²) in [5.41, 5.74) is 1.29. The van der Waals surface area contributed by atoms with E-state index in [9.17, 15) is 0 Å². The molecular formula is C16H23N5. The van der Waals surface area contributed by atoms with E-state index < -0.39 is 0 Å². The predicted octanol–water partition coefficient (Wildman–Crippen LogP) is 2.41. The molecule has 2 aromatic rings. The first-order valence-corrected chi connectivity index (χ1v) is 8.03. The fraction of sp³-hybridized carbons (Fsp3) is 0.625. The Morgan fingerprint density at radius 1 is 1.14 bits per heavy atom. The third kappa shape index (κ3) is 2.11. The number of likely N-dealkylation sites (N-methyl/N-ethyl adjacent to an activating group) is 1. The summed E-state index contributed by atoms with van der Waals surface area (Å²) in [6, 6.07) is 2.09. The van der Waals surface area contributed by atoms with Crippen molar-refractivity contribution in [2.75, 3.05) is 31.6 Å². The third-order valence-electron chi connectivity index (χ3n) is 5.42. The smallest absolute Gasteiger partial charge is 0.142 e. The Morgan fingerprint density at radius 3 is 2.86 bits per heavy atom. The lowest BCUT2D eigenvalue weighted by Gasteiger charge is -2.51. The summed E-state index contributed by atoms with van der Waals surface area (Å²) in [6.07, 6.45) is 10.4. The molecule has 1 saturated carbocycles. The van der Waals surface area contributed by atoms with Gasteiger partial charge in [-0.2, -0.15) is 0 Å². The van der Waals surface area contributed by atoms with Gasteiger partial charge in [-0.1, -0.05) is 19.3 Å². The molecule has 1 saturated heterocycles. The topological polar surface area (TPSA) is 48.1 Å². The Hall–Kier alpha value is -1.62. The number of aromatic nitrogens is 3. The number of nitrogens with one attached hydrogen (secondary N) is 1. The normalized spacial score (nSPS) is 23.0. The second kappa shape index (κ2) is 4.98. The summed E-state index contributed by atoms with van der Waals surface area (Å²) < 4.78 is 0. The number of H-pyrrole nitrogens is 1. The van der Waals surface area contributed by atoms with Crippen LogP contribution in [0.1, 0.15) is 32.1 Å². The van der Waals surface area contributed by atoms with Crippen molar-refractivity contribution in [3.8, 4) is 0 Å². The SMILES string of the molecule is CN1CCN(c2ncnc3[nH]ccc23)CC12CCCCC2. The summed E-state index contributed by atoms with van der Waals surface area (Å²) in [4.78, 5) is 17.2. The predicted molar refractivity (Wildman–Crippen MR) is 84.5 cm³/mol. The maximum absolute atomic E-state index is 4.58. The third-order valence-corrected chi connectivity index (χ3v) is 5.42. The van der Waals surface area contributed by atoms with E-state index in [2.05, 4.69) is 37.9 Å². The van der Waals surface area contributed by atoms with Gasteiger partial charge in [-0.05, 0) is 26.0 Å². The van der Waals surface area contributed by atoms with Crippen LogP contribution in [-0.2, 0) is 0 Å². The van der Waals surface area contributed by atoms with E-state index in [0.717, 1.165) is 36.5 Å². The molecule has 3 heterocycles. The molecule has 0 amide bonds. The van der Waals surface area contributed by atoms with Crippen LogP contribution in [0.15, 0.2) is 18.6 Å². The Morgan fingerprint density at radius 2 is 2.00 bits per heavy atom. The average Bonchev–Trinajstić information content (AvgIpc) is 3.00. The zero-order chi connectivity index (χ0) is 14.3. The lowest BCUT2D eigenvalue weighted by Crippen LogP contribution is -2.61. The number of hydrogen-bond donors (Lipinski definition) is 1. The molecule has 1 spiro atoms. The zero-order valence-corrected chi connectivity index (χ0v) is 12.7. The van der Waals surface area contributed by atoms with Crippen molar-refractivity contribution in [1.29, 1.82) is 0 Å². The number of aromatic amines is 1. The van der Waals surface area contributed by atoms with Gasteiger partial charge in [0.1, 0.15) is 17.8 Å². The Balaban J connectivity index is 1.68. The molecule has 0 bridgehead atoms. The minimum Gasteiger partial charge on any atom is -0.353 e. The summed E-state index contributed by atoms with van der Waals surface area (Å²) >= 11 is 0. The molecule has 4 rings (SSSR count). The largest absolute Gasteiger partial charge is 0.353 e. The van der Waals surface area contributed by atoms with Crippen LogP contribution in [0.25, 0.3) is 11.0 Å². The van der Waals surface area contributed by atoms with Crippen LogP contribution in [0.4, 0.5) is 5.82 Å². The van der Waals surface area contributed by atoms with E-state index in [-0.39, 0.29) is 0 Å². The maximum atomic E-state index is 4.58. The molecule has 1 aliphatic carbocycles. The molecule has 1 N–H and O–H groups in total. The van der Waals surface area contributed by atoms with Gasteiger partial charge in [-0.15, -0.1) is 0 Å². The monoisotopic (exact) mass is 285 g/mol. The highest BCUT2D eigenvalue weighted by atomic mass is 15.3. The molecule has 5 heteroatoms. The lowest BCUT2D eigenvalue weighted by molar-refractivity contribution is 0.0633. The number of hydrogen-bond acceptors (Lipinski definition) is 4. The van der Waals surface area contributed by atoms with Gasteiger partial charge in [-0.3, -0.25) is 4.90 Å². The number of piperazine rings is 1. The zero-order valence-electron chi connectivity index (χ0n) is 12.7. The molecule has 5 nitrogen and oxygen atoms in total.